The lowest BCUT2D eigenvalue weighted by atomic mass is 9.94. The van der Waals surface area contributed by atoms with E-state index in [4.69, 9.17) is 0 Å². The highest BCUT2D eigenvalue weighted by molar-refractivity contribution is 7.09. The van der Waals surface area contributed by atoms with Crippen LogP contribution >= 0.6 is 11.3 Å². The Morgan fingerprint density at radius 3 is 2.85 bits per heavy atom. The molecule has 4 rings (SSSR count). The Kier molecular flexibility index (Phi) is 4.56. The molecular formula is C18H27N7OS. The van der Waals surface area contributed by atoms with E-state index in [0.717, 1.165) is 43.4 Å². The van der Waals surface area contributed by atoms with Gasteiger partial charge in [0, 0.05) is 36.8 Å². The van der Waals surface area contributed by atoms with Gasteiger partial charge < -0.3 is 9.88 Å². The minimum absolute atomic E-state index is 0.00338. The number of amides is 1. The summed E-state index contributed by atoms with van der Waals surface area (Å²) >= 11 is 1.70. The number of carbonyl (C=O) groups is 1. The van der Waals surface area contributed by atoms with Crippen molar-refractivity contribution in [3.63, 3.8) is 0 Å². The lowest BCUT2D eigenvalue weighted by Gasteiger charge is -2.42. The van der Waals surface area contributed by atoms with E-state index >= 15 is 0 Å². The third kappa shape index (κ3) is 3.63. The summed E-state index contributed by atoms with van der Waals surface area (Å²) in [5.41, 5.74) is -0.298. The number of likely N-dealkylation sites (N-methyl/N-ethyl adjacent to an activating group) is 1. The van der Waals surface area contributed by atoms with E-state index in [0.29, 0.717) is 12.4 Å². The Hall–Kier alpha value is -1.84. The molecule has 2 aromatic rings. The van der Waals surface area contributed by atoms with E-state index in [1.165, 1.54) is 0 Å². The fourth-order valence-electron chi connectivity index (χ4n) is 4.02. The summed E-state index contributed by atoms with van der Waals surface area (Å²) in [5, 5.41) is 14.7. The zero-order valence-electron chi connectivity index (χ0n) is 16.4. The molecule has 2 aliphatic rings. The third-order valence-electron chi connectivity index (χ3n) is 5.41. The largest absolute Gasteiger partial charge is 0.345 e. The van der Waals surface area contributed by atoms with Gasteiger partial charge in [0.2, 0.25) is 5.82 Å². The second-order valence-corrected chi connectivity index (χ2v) is 9.68. The van der Waals surface area contributed by atoms with Crippen LogP contribution in [0, 0.1) is 0 Å². The molecule has 0 radical (unpaired) electrons. The number of nitrogens with zero attached hydrogens (tertiary/aromatic N) is 6. The van der Waals surface area contributed by atoms with Gasteiger partial charge in [0.15, 0.2) is 0 Å². The van der Waals surface area contributed by atoms with Gasteiger partial charge in [-0.2, -0.15) is 0 Å². The standard InChI is InChI=1S/C18H27N7OS/c1-17(2,3)20-16(26)15-22-21-13-9-23(4)18(12-25(13)15)5-7-24(11-18)10-14-19-6-8-27-14/h6,8H,5,7,9-12H2,1-4H3,(H,20,26)/t18-/m0/s1. The molecule has 1 saturated heterocycles. The van der Waals surface area contributed by atoms with Gasteiger partial charge in [0.1, 0.15) is 10.8 Å². The van der Waals surface area contributed by atoms with Gasteiger partial charge in [0.05, 0.1) is 18.6 Å². The molecule has 1 amide bonds. The van der Waals surface area contributed by atoms with E-state index in [9.17, 15) is 4.79 Å². The van der Waals surface area contributed by atoms with Crippen molar-refractivity contribution < 1.29 is 4.79 Å². The molecule has 4 heterocycles. The Morgan fingerprint density at radius 1 is 1.33 bits per heavy atom. The van der Waals surface area contributed by atoms with Gasteiger partial charge in [-0.05, 0) is 34.2 Å². The SMILES string of the molecule is CN1Cc2nnc(C(=O)NC(C)(C)C)n2C[C@@]12CCN(Cc1nccs1)C2. The molecular weight excluding hydrogens is 362 g/mol. The first kappa shape index (κ1) is 18.5. The van der Waals surface area contributed by atoms with Crippen molar-refractivity contribution in [2.45, 2.75) is 57.9 Å². The van der Waals surface area contributed by atoms with Crippen molar-refractivity contribution in [1.29, 1.82) is 0 Å². The van der Waals surface area contributed by atoms with Crippen LogP contribution in [-0.2, 0) is 19.6 Å². The topological polar surface area (TPSA) is 79.2 Å². The minimum Gasteiger partial charge on any atom is -0.345 e. The van der Waals surface area contributed by atoms with E-state index in [1.807, 2.05) is 36.9 Å². The molecule has 0 aromatic carbocycles. The molecule has 1 N–H and O–H groups in total. The maximum absolute atomic E-state index is 12.7. The first-order valence-electron chi connectivity index (χ1n) is 9.32. The normalized spacial score (nSPS) is 23.7. The van der Waals surface area contributed by atoms with Crippen LogP contribution in [0.5, 0.6) is 0 Å². The molecule has 1 atom stereocenters. The van der Waals surface area contributed by atoms with Gasteiger partial charge in [-0.15, -0.1) is 21.5 Å². The van der Waals surface area contributed by atoms with E-state index in [2.05, 4.69) is 37.3 Å². The molecule has 9 heteroatoms. The van der Waals surface area contributed by atoms with Crippen LogP contribution in [0.1, 0.15) is 48.6 Å². The average Bonchev–Trinajstić information content (AvgIpc) is 3.28. The highest BCUT2D eigenvalue weighted by Crippen LogP contribution is 2.34. The quantitative estimate of drug-likeness (QED) is 0.854. The number of hydrogen-bond acceptors (Lipinski definition) is 7. The van der Waals surface area contributed by atoms with Crippen molar-refractivity contribution >= 4 is 17.2 Å². The summed E-state index contributed by atoms with van der Waals surface area (Å²) in [6, 6.07) is 0. The molecule has 0 saturated carbocycles. The smallest absolute Gasteiger partial charge is 0.289 e. The van der Waals surface area contributed by atoms with Crippen molar-refractivity contribution in [2.24, 2.45) is 0 Å². The van der Waals surface area contributed by atoms with Crippen LogP contribution in [0.3, 0.4) is 0 Å². The van der Waals surface area contributed by atoms with Gasteiger partial charge >= 0.3 is 0 Å². The zero-order chi connectivity index (χ0) is 19.2. The average molecular weight is 390 g/mol. The first-order chi connectivity index (χ1) is 12.8. The highest BCUT2D eigenvalue weighted by atomic mass is 32.1. The monoisotopic (exact) mass is 389 g/mol. The first-order valence-corrected chi connectivity index (χ1v) is 10.2. The van der Waals surface area contributed by atoms with Crippen LogP contribution in [0.2, 0.25) is 0 Å². The van der Waals surface area contributed by atoms with Crippen molar-refractivity contribution in [3.05, 3.63) is 28.2 Å². The maximum Gasteiger partial charge on any atom is 0.289 e. The van der Waals surface area contributed by atoms with Crippen LogP contribution in [0.4, 0.5) is 0 Å². The minimum atomic E-state index is -0.301. The number of thiazole rings is 1. The third-order valence-corrected chi connectivity index (χ3v) is 6.18. The molecule has 146 valence electrons. The van der Waals surface area contributed by atoms with Crippen LogP contribution in [0.25, 0.3) is 0 Å². The molecule has 2 aliphatic heterocycles. The number of carbonyl (C=O) groups excluding carboxylic acids is 1. The maximum atomic E-state index is 12.7. The van der Waals surface area contributed by atoms with Crippen molar-refractivity contribution in [1.82, 2.24) is 34.9 Å². The second-order valence-electron chi connectivity index (χ2n) is 8.70. The Morgan fingerprint density at radius 2 is 2.15 bits per heavy atom. The Balaban J connectivity index is 1.54. The molecule has 1 spiro atoms. The molecule has 0 bridgehead atoms. The fraction of sp³-hybridized carbons (Fsp3) is 0.667. The summed E-state index contributed by atoms with van der Waals surface area (Å²) in [7, 11) is 2.15. The summed E-state index contributed by atoms with van der Waals surface area (Å²) in [6.45, 7) is 10.3. The number of aromatic nitrogens is 4. The van der Waals surface area contributed by atoms with Crippen LogP contribution < -0.4 is 5.32 Å². The van der Waals surface area contributed by atoms with Gasteiger partial charge in [-0.3, -0.25) is 14.6 Å². The summed E-state index contributed by atoms with van der Waals surface area (Å²) < 4.78 is 2.02. The highest BCUT2D eigenvalue weighted by Gasteiger charge is 2.46. The predicted molar refractivity (Wildman–Crippen MR) is 103 cm³/mol. The predicted octanol–water partition coefficient (Wildman–Crippen LogP) is 1.35. The summed E-state index contributed by atoms with van der Waals surface area (Å²) in [6.07, 6.45) is 2.93. The lowest BCUT2D eigenvalue weighted by molar-refractivity contribution is 0.0645. The second kappa shape index (κ2) is 6.65. The lowest BCUT2D eigenvalue weighted by Crippen LogP contribution is -2.55. The fourth-order valence-corrected chi connectivity index (χ4v) is 4.67. The van der Waals surface area contributed by atoms with Gasteiger partial charge in [0.25, 0.3) is 5.91 Å². The van der Waals surface area contributed by atoms with Gasteiger partial charge in [-0.25, -0.2) is 4.98 Å². The molecule has 0 unspecified atom stereocenters. The molecule has 8 nitrogen and oxygen atoms in total. The number of likely N-dealkylation sites (tertiary alicyclic amines) is 1. The summed E-state index contributed by atoms with van der Waals surface area (Å²) in [5.74, 6) is 1.13. The number of fused-ring (bicyclic) bond motifs is 1. The summed E-state index contributed by atoms with van der Waals surface area (Å²) in [4.78, 5) is 21.9. The number of hydrogen-bond donors (Lipinski definition) is 1. The van der Waals surface area contributed by atoms with E-state index in [-0.39, 0.29) is 17.0 Å². The van der Waals surface area contributed by atoms with Gasteiger partial charge in [-0.1, -0.05) is 0 Å². The molecule has 0 aliphatic carbocycles. The zero-order valence-corrected chi connectivity index (χ0v) is 17.2. The van der Waals surface area contributed by atoms with Crippen LogP contribution in [0.15, 0.2) is 11.6 Å². The van der Waals surface area contributed by atoms with Crippen LogP contribution in [-0.4, -0.2) is 66.7 Å². The van der Waals surface area contributed by atoms with E-state index < -0.39 is 0 Å². The number of nitrogens with one attached hydrogen (secondary N) is 1. The van der Waals surface area contributed by atoms with E-state index in [1.54, 1.807) is 11.3 Å². The Bertz CT molecular complexity index is 825. The molecule has 2 aromatic heterocycles. The van der Waals surface area contributed by atoms with Crippen molar-refractivity contribution in [2.75, 3.05) is 20.1 Å². The molecule has 1 fully saturated rings. The van der Waals surface area contributed by atoms with Crippen molar-refractivity contribution in [3.8, 4) is 0 Å². The molecule has 27 heavy (non-hydrogen) atoms. The Labute approximate surface area is 163 Å². The number of rotatable bonds is 3.